The molecule has 230 valence electrons. The second-order valence-corrected chi connectivity index (χ2v) is 8.67. The Hall–Kier alpha value is -4.28. The summed E-state index contributed by atoms with van der Waals surface area (Å²) in [5, 5.41) is 2.40. The van der Waals surface area contributed by atoms with Crippen LogP contribution in [0.2, 0.25) is 0 Å². The Bertz CT molecular complexity index is 1040. The van der Waals surface area contributed by atoms with Crippen LogP contribution < -0.4 is 5.32 Å². The lowest BCUT2D eigenvalue weighted by Crippen LogP contribution is -2.69. The third-order valence-corrected chi connectivity index (χ3v) is 5.17. The summed E-state index contributed by atoms with van der Waals surface area (Å²) >= 11 is 0. The van der Waals surface area contributed by atoms with Crippen LogP contribution in [0.4, 0.5) is 0 Å². The van der Waals surface area contributed by atoms with Gasteiger partial charge in [-0.15, -0.1) is 0 Å². The van der Waals surface area contributed by atoms with Crippen LogP contribution in [0.5, 0.6) is 0 Å². The lowest BCUT2D eigenvalue weighted by Gasteiger charge is -2.48. The van der Waals surface area contributed by atoms with Gasteiger partial charge in [0.2, 0.25) is 0 Å². The molecule has 41 heavy (non-hydrogen) atoms. The van der Waals surface area contributed by atoms with Gasteiger partial charge in [-0.25, -0.2) is 4.79 Å². The van der Waals surface area contributed by atoms with Gasteiger partial charge in [0, 0.05) is 41.5 Å². The third-order valence-electron chi connectivity index (χ3n) is 5.17. The van der Waals surface area contributed by atoms with Gasteiger partial charge >= 0.3 is 47.6 Å². The van der Waals surface area contributed by atoms with Crippen molar-refractivity contribution in [2.75, 3.05) is 20.3 Å². The smallest absolute Gasteiger partial charge is 0.379 e. The Labute approximate surface area is 234 Å². The molecule has 0 aromatic carbocycles. The number of esters is 7. The Morgan fingerprint density at radius 3 is 1.85 bits per heavy atom. The molecule has 1 heterocycles. The molecule has 0 aliphatic carbocycles. The predicted molar refractivity (Wildman–Crippen MR) is 128 cm³/mol. The summed E-state index contributed by atoms with van der Waals surface area (Å²) in [6.07, 6.45) is -7.58. The second kappa shape index (κ2) is 15.5. The number of methoxy groups -OCH3 is 1. The highest BCUT2D eigenvalue weighted by Crippen LogP contribution is 2.37. The molecule has 1 rings (SSSR count). The normalized spacial score (nSPS) is 23.0. The van der Waals surface area contributed by atoms with Crippen LogP contribution in [0.1, 0.15) is 48.0 Å². The number of carbonyl (C=O) groups is 8. The zero-order chi connectivity index (χ0) is 31.5. The van der Waals surface area contributed by atoms with Crippen LogP contribution in [0.25, 0.3) is 0 Å². The molecule has 0 aromatic heterocycles. The van der Waals surface area contributed by atoms with Crippen LogP contribution in [0.15, 0.2) is 0 Å². The maximum absolute atomic E-state index is 12.9. The number of carbonyl (C=O) groups excluding carboxylic acids is 8. The molecule has 0 spiro atoms. The number of hydrogen-bond acceptors (Lipinski definition) is 16. The molecule has 0 saturated carbocycles. The second-order valence-electron chi connectivity index (χ2n) is 8.67. The Balaban J connectivity index is 3.87. The molecular formula is C24H33NO16. The summed E-state index contributed by atoms with van der Waals surface area (Å²) in [4.78, 5) is 96.6. The fraction of sp³-hybridized carbons (Fsp3) is 0.667. The molecular weight excluding hydrogens is 558 g/mol. The van der Waals surface area contributed by atoms with Gasteiger partial charge in [0.1, 0.15) is 18.8 Å². The lowest BCUT2D eigenvalue weighted by atomic mass is 9.88. The topological polar surface area (TPSA) is 222 Å². The molecule has 17 heteroatoms. The molecule has 0 bridgehead atoms. The summed E-state index contributed by atoms with van der Waals surface area (Å²) in [5.74, 6) is -10.4. The average molecular weight is 592 g/mol. The van der Waals surface area contributed by atoms with Crippen molar-refractivity contribution in [1.29, 1.82) is 0 Å². The monoisotopic (exact) mass is 591 g/mol. The van der Waals surface area contributed by atoms with E-state index in [1.54, 1.807) is 0 Å². The largest absolute Gasteiger partial charge is 0.464 e. The molecule has 1 aliphatic rings. The van der Waals surface area contributed by atoms with Crippen molar-refractivity contribution in [1.82, 2.24) is 5.32 Å². The first-order valence-electron chi connectivity index (χ1n) is 12.0. The number of rotatable bonds is 12. The number of amides is 1. The van der Waals surface area contributed by atoms with Gasteiger partial charge in [-0.2, -0.15) is 0 Å². The summed E-state index contributed by atoms with van der Waals surface area (Å²) in [6, 6.07) is -1.55. The Kier molecular flexibility index (Phi) is 13.1. The maximum atomic E-state index is 12.9. The van der Waals surface area contributed by atoms with Gasteiger partial charge in [-0.3, -0.25) is 33.6 Å². The zero-order valence-electron chi connectivity index (χ0n) is 23.5. The third kappa shape index (κ3) is 11.0. The summed E-state index contributed by atoms with van der Waals surface area (Å²) in [5.41, 5.74) is 0. The van der Waals surface area contributed by atoms with Gasteiger partial charge in [-0.1, -0.05) is 0 Å². The molecule has 6 atom stereocenters. The van der Waals surface area contributed by atoms with E-state index < -0.39 is 104 Å². The first-order chi connectivity index (χ1) is 19.0. The molecule has 0 radical (unpaired) electrons. The van der Waals surface area contributed by atoms with Crippen LogP contribution in [0.3, 0.4) is 0 Å². The lowest BCUT2D eigenvalue weighted by molar-refractivity contribution is -0.304. The van der Waals surface area contributed by atoms with Crippen molar-refractivity contribution < 1.29 is 76.3 Å². The van der Waals surface area contributed by atoms with Crippen molar-refractivity contribution in [2.24, 2.45) is 0 Å². The molecule has 1 saturated heterocycles. The highest BCUT2D eigenvalue weighted by Gasteiger charge is 2.60. The first kappa shape index (κ1) is 34.7. The summed E-state index contributed by atoms with van der Waals surface area (Å²) < 4.78 is 41.3. The van der Waals surface area contributed by atoms with E-state index >= 15 is 0 Å². The highest BCUT2D eigenvalue weighted by atomic mass is 16.8. The van der Waals surface area contributed by atoms with E-state index in [1.807, 2.05) is 0 Å². The molecule has 0 unspecified atom stereocenters. The van der Waals surface area contributed by atoms with Crippen LogP contribution in [-0.2, 0) is 76.3 Å². The Morgan fingerprint density at radius 2 is 1.39 bits per heavy atom. The minimum absolute atomic E-state index is 0.710. The van der Waals surface area contributed by atoms with E-state index in [2.05, 4.69) is 10.1 Å². The SMILES string of the molecule is COC(=O)[C@@]1(OC(C)=O)C[C@H](OC(C)=O)[C@@H](NC(=O)COC(C)=O)[C@H]([C@H](OC(C)=O)[C@@H](COC(C)=O)OC(C)=O)O1. The van der Waals surface area contributed by atoms with E-state index in [0.717, 1.165) is 48.7 Å². The zero-order valence-corrected chi connectivity index (χ0v) is 23.5. The predicted octanol–water partition coefficient (Wildman–Crippen LogP) is -1.39. The van der Waals surface area contributed by atoms with Gasteiger partial charge in [0.05, 0.1) is 19.6 Å². The number of ether oxygens (including phenoxy) is 8. The van der Waals surface area contributed by atoms with E-state index in [1.165, 1.54) is 0 Å². The van der Waals surface area contributed by atoms with E-state index in [0.29, 0.717) is 0 Å². The summed E-state index contributed by atoms with van der Waals surface area (Å²) in [6.45, 7) is 4.45. The molecule has 1 N–H and O–H groups in total. The fourth-order valence-electron chi connectivity index (χ4n) is 3.90. The van der Waals surface area contributed by atoms with E-state index in [9.17, 15) is 38.4 Å². The van der Waals surface area contributed by atoms with Crippen molar-refractivity contribution in [2.45, 2.75) is 84.2 Å². The minimum Gasteiger partial charge on any atom is -0.464 e. The van der Waals surface area contributed by atoms with Gasteiger partial charge < -0.3 is 43.2 Å². The molecule has 0 aromatic rings. The van der Waals surface area contributed by atoms with Crippen molar-refractivity contribution >= 4 is 47.7 Å². The van der Waals surface area contributed by atoms with Gasteiger partial charge in [0.15, 0.2) is 18.8 Å². The fourth-order valence-corrected chi connectivity index (χ4v) is 3.90. The minimum atomic E-state index is -2.64. The molecule has 1 aliphatic heterocycles. The van der Waals surface area contributed by atoms with Crippen molar-refractivity contribution in [3.05, 3.63) is 0 Å². The number of nitrogens with one attached hydrogen (secondary N) is 1. The summed E-state index contributed by atoms with van der Waals surface area (Å²) in [7, 11) is 0.936. The van der Waals surface area contributed by atoms with Crippen molar-refractivity contribution in [3.8, 4) is 0 Å². The van der Waals surface area contributed by atoms with Crippen molar-refractivity contribution in [3.63, 3.8) is 0 Å². The maximum Gasteiger partial charge on any atom is 0.379 e. The molecule has 1 fully saturated rings. The highest BCUT2D eigenvalue weighted by molar-refractivity contribution is 5.83. The number of hydrogen-bond donors (Lipinski definition) is 1. The van der Waals surface area contributed by atoms with Gasteiger partial charge in [-0.05, 0) is 0 Å². The van der Waals surface area contributed by atoms with E-state index in [4.69, 9.17) is 33.2 Å². The standard InChI is InChI=1S/C24H33NO16/c1-11(26)35-9-18(38-14(4)29)21(39-15(5)30)22-20(25-19(32)10-36-12(2)27)17(37-13(3)28)8-24(41-22,23(33)34-7)40-16(6)31/h17-18,20-22H,8-10H2,1-7H3,(H,25,32)/t17-,18+,20+,21+,22+,24+/m0/s1. The van der Waals surface area contributed by atoms with Gasteiger partial charge in [0.25, 0.3) is 5.91 Å². The quantitative estimate of drug-likeness (QED) is 0.204. The van der Waals surface area contributed by atoms with Crippen LogP contribution in [-0.4, -0.2) is 104 Å². The first-order valence-corrected chi connectivity index (χ1v) is 12.0. The van der Waals surface area contributed by atoms with E-state index in [-0.39, 0.29) is 0 Å². The van der Waals surface area contributed by atoms with Crippen LogP contribution in [0, 0.1) is 0 Å². The Morgan fingerprint density at radius 1 is 0.805 bits per heavy atom. The van der Waals surface area contributed by atoms with Crippen LogP contribution >= 0.6 is 0 Å². The average Bonchev–Trinajstić information content (AvgIpc) is 2.83. The molecule has 1 amide bonds. The molecule has 17 nitrogen and oxygen atoms in total.